The van der Waals surface area contributed by atoms with Gasteiger partial charge in [-0.1, -0.05) is 44.9 Å². The van der Waals surface area contributed by atoms with Crippen LogP contribution in [0, 0.1) is 0 Å². The Bertz CT molecular complexity index is 163. The quantitative estimate of drug-likeness (QED) is 0.580. The first kappa shape index (κ1) is 13.0. The smallest absolute Gasteiger partial charge is 0.0150 e. The van der Waals surface area contributed by atoms with E-state index in [0.29, 0.717) is 5.54 Å². The maximum atomic E-state index is 2.56. The minimum Gasteiger partial charge on any atom is -0.301 e. The average Bonchev–Trinajstić information content (AvgIpc) is 2.18. The van der Waals surface area contributed by atoms with Gasteiger partial charge in [0.15, 0.2) is 0 Å². The fraction of sp³-hybridized carbons (Fsp3) is 1.00. The van der Waals surface area contributed by atoms with E-state index in [2.05, 4.69) is 25.8 Å². The molecule has 0 radical (unpaired) electrons. The third kappa shape index (κ3) is 5.01. The average molecular weight is 211 g/mol. The predicted molar refractivity (Wildman–Crippen MR) is 68.3 cm³/mol. The van der Waals surface area contributed by atoms with Crippen LogP contribution < -0.4 is 0 Å². The van der Waals surface area contributed by atoms with Crippen LogP contribution in [0.5, 0.6) is 0 Å². The molecular formula is C14H29N. The van der Waals surface area contributed by atoms with Crippen molar-refractivity contribution in [1.82, 2.24) is 4.90 Å². The molecule has 0 aliphatic carbocycles. The van der Waals surface area contributed by atoms with Crippen molar-refractivity contribution in [3.63, 3.8) is 0 Å². The molecule has 1 heterocycles. The summed E-state index contributed by atoms with van der Waals surface area (Å²) in [7, 11) is 2.30. The van der Waals surface area contributed by atoms with Gasteiger partial charge in [0.25, 0.3) is 0 Å². The molecule has 1 rings (SSSR count). The van der Waals surface area contributed by atoms with Crippen LogP contribution in [-0.4, -0.2) is 24.0 Å². The van der Waals surface area contributed by atoms with E-state index >= 15 is 0 Å². The van der Waals surface area contributed by atoms with Crippen LogP contribution in [0.15, 0.2) is 0 Å². The van der Waals surface area contributed by atoms with Crippen LogP contribution >= 0.6 is 0 Å². The molecule has 0 bridgehead atoms. The summed E-state index contributed by atoms with van der Waals surface area (Å²) in [6.07, 6.45) is 12.9. The van der Waals surface area contributed by atoms with Crippen molar-refractivity contribution in [2.75, 3.05) is 13.6 Å². The normalized spacial score (nSPS) is 26.6. The van der Waals surface area contributed by atoms with Crippen molar-refractivity contribution in [3.05, 3.63) is 0 Å². The lowest BCUT2D eigenvalue weighted by Gasteiger charge is -2.36. The molecular weight excluding hydrogens is 182 g/mol. The Morgan fingerprint density at radius 1 is 0.733 bits per heavy atom. The molecule has 0 N–H and O–H groups in total. The van der Waals surface area contributed by atoms with Gasteiger partial charge in [-0.25, -0.2) is 0 Å². The summed E-state index contributed by atoms with van der Waals surface area (Å²) in [6, 6.07) is 0. The second-order valence-corrected chi connectivity index (χ2v) is 5.81. The number of hydrogen-bond acceptors (Lipinski definition) is 1. The van der Waals surface area contributed by atoms with Crippen LogP contribution in [0.2, 0.25) is 0 Å². The van der Waals surface area contributed by atoms with E-state index in [1.807, 2.05) is 0 Å². The SMILES string of the molecule is CN1CCCCCCCCCCC1(C)C. The fourth-order valence-electron chi connectivity index (χ4n) is 2.46. The zero-order chi connectivity index (χ0) is 11.1. The molecule has 0 aromatic heterocycles. The molecule has 1 aliphatic heterocycles. The first-order chi connectivity index (χ1) is 7.13. The van der Waals surface area contributed by atoms with Gasteiger partial charge in [0.1, 0.15) is 0 Å². The highest BCUT2D eigenvalue weighted by molar-refractivity contribution is 4.79. The molecule has 1 fully saturated rings. The zero-order valence-corrected chi connectivity index (χ0v) is 11.0. The van der Waals surface area contributed by atoms with Gasteiger partial charge in [0.2, 0.25) is 0 Å². The Balaban J connectivity index is 2.38. The third-order valence-electron chi connectivity index (χ3n) is 4.07. The molecule has 1 saturated heterocycles. The number of rotatable bonds is 0. The predicted octanol–water partition coefficient (Wildman–Crippen LogP) is 4.22. The van der Waals surface area contributed by atoms with Crippen molar-refractivity contribution in [1.29, 1.82) is 0 Å². The molecule has 90 valence electrons. The lowest BCUT2D eigenvalue weighted by Crippen LogP contribution is -2.41. The molecule has 1 heteroatoms. The molecule has 1 nitrogen and oxygen atoms in total. The molecule has 1 aliphatic rings. The Morgan fingerprint density at radius 2 is 1.20 bits per heavy atom. The fourth-order valence-corrected chi connectivity index (χ4v) is 2.46. The highest BCUT2D eigenvalue weighted by atomic mass is 15.2. The molecule has 15 heavy (non-hydrogen) atoms. The molecule has 0 saturated carbocycles. The van der Waals surface area contributed by atoms with E-state index in [0.717, 1.165) is 0 Å². The Morgan fingerprint density at radius 3 is 1.80 bits per heavy atom. The van der Waals surface area contributed by atoms with Crippen molar-refractivity contribution in [3.8, 4) is 0 Å². The standard InChI is InChI=1S/C14H29N/c1-14(2)12-10-8-6-4-5-7-9-11-13-15(14)3/h4-13H2,1-3H3. The highest BCUT2D eigenvalue weighted by Gasteiger charge is 2.22. The van der Waals surface area contributed by atoms with E-state index in [9.17, 15) is 0 Å². The largest absolute Gasteiger partial charge is 0.301 e. The van der Waals surface area contributed by atoms with Crippen LogP contribution in [0.4, 0.5) is 0 Å². The molecule has 0 amide bonds. The number of hydrogen-bond donors (Lipinski definition) is 0. The summed E-state index contributed by atoms with van der Waals surface area (Å²) in [5, 5.41) is 0. The maximum Gasteiger partial charge on any atom is 0.0150 e. The van der Waals surface area contributed by atoms with Gasteiger partial charge >= 0.3 is 0 Å². The van der Waals surface area contributed by atoms with Gasteiger partial charge in [-0.05, 0) is 40.3 Å². The van der Waals surface area contributed by atoms with Gasteiger partial charge in [-0.2, -0.15) is 0 Å². The topological polar surface area (TPSA) is 3.24 Å². The van der Waals surface area contributed by atoms with E-state index in [1.54, 1.807) is 0 Å². The summed E-state index contributed by atoms with van der Waals surface area (Å²) in [4.78, 5) is 2.56. The summed E-state index contributed by atoms with van der Waals surface area (Å²) in [6.45, 7) is 6.09. The third-order valence-corrected chi connectivity index (χ3v) is 4.07. The van der Waals surface area contributed by atoms with E-state index in [1.165, 1.54) is 64.3 Å². The van der Waals surface area contributed by atoms with Gasteiger partial charge < -0.3 is 4.90 Å². The van der Waals surface area contributed by atoms with Gasteiger partial charge in [-0.15, -0.1) is 0 Å². The Hall–Kier alpha value is -0.0400. The van der Waals surface area contributed by atoms with E-state index in [4.69, 9.17) is 0 Å². The molecule has 0 aromatic carbocycles. The highest BCUT2D eigenvalue weighted by Crippen LogP contribution is 2.23. The Labute approximate surface area is 96.2 Å². The first-order valence-corrected chi connectivity index (χ1v) is 6.84. The summed E-state index contributed by atoms with van der Waals surface area (Å²) in [5.74, 6) is 0. The second kappa shape index (κ2) is 6.52. The monoisotopic (exact) mass is 211 g/mol. The van der Waals surface area contributed by atoms with Crippen molar-refractivity contribution in [2.24, 2.45) is 0 Å². The van der Waals surface area contributed by atoms with Crippen molar-refractivity contribution in [2.45, 2.75) is 77.2 Å². The molecule has 0 unspecified atom stereocenters. The van der Waals surface area contributed by atoms with Crippen LogP contribution in [0.3, 0.4) is 0 Å². The second-order valence-electron chi connectivity index (χ2n) is 5.81. The maximum absolute atomic E-state index is 2.56. The van der Waals surface area contributed by atoms with Crippen LogP contribution in [0.1, 0.15) is 71.6 Å². The van der Waals surface area contributed by atoms with E-state index < -0.39 is 0 Å². The van der Waals surface area contributed by atoms with E-state index in [-0.39, 0.29) is 0 Å². The molecule has 0 spiro atoms. The van der Waals surface area contributed by atoms with Crippen LogP contribution in [0.25, 0.3) is 0 Å². The lowest BCUT2D eigenvalue weighted by molar-refractivity contribution is 0.138. The van der Waals surface area contributed by atoms with Crippen LogP contribution in [-0.2, 0) is 0 Å². The lowest BCUT2D eigenvalue weighted by atomic mass is 9.93. The molecule has 0 atom stereocenters. The Kier molecular flexibility index (Phi) is 5.66. The zero-order valence-electron chi connectivity index (χ0n) is 11.0. The van der Waals surface area contributed by atoms with Gasteiger partial charge in [0, 0.05) is 5.54 Å². The summed E-state index contributed by atoms with van der Waals surface area (Å²) >= 11 is 0. The summed E-state index contributed by atoms with van der Waals surface area (Å²) < 4.78 is 0. The summed E-state index contributed by atoms with van der Waals surface area (Å²) in [5.41, 5.74) is 0.416. The van der Waals surface area contributed by atoms with Gasteiger partial charge in [-0.3, -0.25) is 0 Å². The first-order valence-electron chi connectivity index (χ1n) is 6.84. The van der Waals surface area contributed by atoms with Crippen molar-refractivity contribution >= 4 is 0 Å². The van der Waals surface area contributed by atoms with Gasteiger partial charge in [0.05, 0.1) is 0 Å². The van der Waals surface area contributed by atoms with Crippen molar-refractivity contribution < 1.29 is 0 Å². The minimum atomic E-state index is 0.416. The number of nitrogens with zero attached hydrogens (tertiary/aromatic N) is 1. The minimum absolute atomic E-state index is 0.416. The molecule has 0 aromatic rings.